The van der Waals surface area contributed by atoms with Crippen LogP contribution in [-0.2, 0) is 50.1 Å². The molecule has 1 heterocycles. The molecule has 29 heteroatoms. The number of methoxy groups -OCH3 is 1. The van der Waals surface area contributed by atoms with E-state index in [0.29, 0.717) is 5.01 Å². The largest absolute Gasteiger partial charge is 0.505 e. The zero-order valence-corrected chi connectivity index (χ0v) is 36.9. The van der Waals surface area contributed by atoms with Crippen LogP contribution < -0.4 is 9.75 Å². The number of carbonyl (C=O) groups is 2. The third-order valence-corrected chi connectivity index (χ3v) is 13.2. The van der Waals surface area contributed by atoms with Crippen molar-refractivity contribution in [3.05, 3.63) is 96.6 Å². The minimum atomic E-state index is -5.17. The first-order valence-electron chi connectivity index (χ1n) is 18.2. The van der Waals surface area contributed by atoms with Crippen molar-refractivity contribution in [2.75, 3.05) is 12.1 Å². The summed E-state index contributed by atoms with van der Waals surface area (Å²) in [5.74, 6) is -3.53. The predicted octanol–water partition coefficient (Wildman–Crippen LogP) is 6.77. The van der Waals surface area contributed by atoms with E-state index in [1.807, 2.05) is 0 Å². The van der Waals surface area contributed by atoms with E-state index < -0.39 is 101 Å². The fourth-order valence-corrected chi connectivity index (χ4v) is 9.23. The van der Waals surface area contributed by atoms with Crippen LogP contribution in [0.1, 0.15) is 5.56 Å². The fraction of sp³-hybridized carbons (Fsp3) is 0.0789. The van der Waals surface area contributed by atoms with E-state index in [9.17, 15) is 71.7 Å². The highest BCUT2D eigenvalue weighted by molar-refractivity contribution is 7.87. The fourth-order valence-electron chi connectivity index (χ4n) is 6.56. The minimum Gasteiger partial charge on any atom is -0.505 e. The first kappa shape index (κ1) is 47.5. The number of phenolic OH excluding ortho intramolecular Hbond substituents is 1. The Labute approximate surface area is 377 Å². The second-order valence-corrected chi connectivity index (χ2v) is 19.5. The Morgan fingerprint density at radius 2 is 1.31 bits per heavy atom. The molecule has 1 aliphatic heterocycles. The molecule has 346 valence electrons. The summed E-state index contributed by atoms with van der Waals surface area (Å²) in [6.45, 7) is 1.50. The molecule has 6 N–H and O–H groups in total. The van der Waals surface area contributed by atoms with Crippen molar-refractivity contribution in [2.24, 2.45) is 35.8 Å². The van der Waals surface area contributed by atoms with Gasteiger partial charge in [-0.05, 0) is 84.6 Å². The van der Waals surface area contributed by atoms with Crippen LogP contribution in [0.25, 0.3) is 21.5 Å². The van der Waals surface area contributed by atoms with Gasteiger partial charge in [0.2, 0.25) is 6.04 Å². The third-order valence-electron chi connectivity index (χ3n) is 9.62. The molecule has 25 nitrogen and oxygen atoms in total. The molecule has 0 saturated heterocycles. The van der Waals surface area contributed by atoms with Gasteiger partial charge in [0, 0.05) is 22.2 Å². The van der Waals surface area contributed by atoms with E-state index in [2.05, 4.69) is 35.8 Å². The first-order valence-corrected chi connectivity index (χ1v) is 24.0. The number of carbonyl (C=O) groups excluding carboxylic acids is 1. The van der Waals surface area contributed by atoms with Gasteiger partial charge in [0.1, 0.15) is 37.5 Å². The van der Waals surface area contributed by atoms with Crippen molar-refractivity contribution in [1.82, 2.24) is 0 Å². The van der Waals surface area contributed by atoms with Gasteiger partial charge < -0.3 is 14.9 Å². The zero-order chi connectivity index (χ0) is 49.0. The summed E-state index contributed by atoms with van der Waals surface area (Å²) in [7, 11) is -18.4. The van der Waals surface area contributed by atoms with Gasteiger partial charge in [0.25, 0.3) is 46.4 Å². The van der Waals surface area contributed by atoms with Crippen molar-refractivity contribution in [1.29, 1.82) is 0 Å². The van der Waals surface area contributed by atoms with Gasteiger partial charge in [-0.15, -0.1) is 15.3 Å². The molecular weight excluding hydrogens is 969 g/mol. The smallest absolute Gasteiger partial charge is 0.355 e. The number of aryl methyl sites for hydroxylation is 1. The monoisotopic (exact) mass is 996 g/mol. The lowest BCUT2D eigenvalue weighted by Crippen LogP contribution is -2.33. The Bertz CT molecular complexity index is 3710. The van der Waals surface area contributed by atoms with E-state index in [4.69, 9.17) is 4.74 Å². The highest BCUT2D eigenvalue weighted by Crippen LogP contribution is 2.44. The van der Waals surface area contributed by atoms with Crippen molar-refractivity contribution in [2.45, 2.75) is 32.5 Å². The Morgan fingerprint density at radius 3 is 1.93 bits per heavy atom. The second kappa shape index (κ2) is 17.4. The molecule has 6 aromatic carbocycles. The summed E-state index contributed by atoms with van der Waals surface area (Å²) in [5.41, 5.74) is -1.87. The number of ether oxygens (including phenoxy) is 1. The Balaban J connectivity index is 1.19. The van der Waals surface area contributed by atoms with Crippen LogP contribution in [0.5, 0.6) is 11.5 Å². The summed E-state index contributed by atoms with van der Waals surface area (Å²) in [5, 5.41) is 48.4. The number of anilines is 1. The molecule has 1 amide bonds. The minimum absolute atomic E-state index is 0.0400. The van der Waals surface area contributed by atoms with Crippen LogP contribution in [0.15, 0.2) is 146 Å². The van der Waals surface area contributed by atoms with Crippen molar-refractivity contribution in [3.8, 4) is 11.5 Å². The van der Waals surface area contributed by atoms with Gasteiger partial charge in [-0.3, -0.25) is 23.0 Å². The number of hydrogen-bond donors (Lipinski definition) is 6. The molecule has 0 fully saturated rings. The maximum atomic E-state index is 13.2. The summed E-state index contributed by atoms with van der Waals surface area (Å²) < 4.78 is 141. The Kier molecular flexibility index (Phi) is 12.3. The van der Waals surface area contributed by atoms with Crippen LogP contribution in [-0.4, -0.2) is 92.8 Å². The number of nitrogens with zero attached hydrogens (tertiary/aromatic N) is 8. The number of carboxylic acids is 1. The summed E-state index contributed by atoms with van der Waals surface area (Å²) in [6, 6.07) is 15.0. The number of aromatic hydroxyl groups is 1. The lowest BCUT2D eigenvalue weighted by Gasteiger charge is -2.12. The van der Waals surface area contributed by atoms with Gasteiger partial charge in [-0.25, -0.2) is 4.79 Å². The quantitative estimate of drug-likeness (QED) is 0.0513. The molecule has 0 aliphatic carbocycles. The molecule has 0 bridgehead atoms. The maximum Gasteiger partial charge on any atom is 0.355 e. The molecule has 1 atom stereocenters. The maximum absolute atomic E-state index is 13.2. The van der Waals surface area contributed by atoms with Gasteiger partial charge in [-0.1, -0.05) is 18.2 Å². The number of carboxylic acid groups (broad SMARTS) is 1. The lowest BCUT2D eigenvalue weighted by atomic mass is 10.1. The predicted molar refractivity (Wildman–Crippen MR) is 232 cm³/mol. The number of fused-ring (bicyclic) bond motifs is 2. The van der Waals surface area contributed by atoms with Crippen LogP contribution in [0.2, 0.25) is 0 Å². The molecular formula is C38H28N8O17S4. The SMILES string of the molecule is COc1cc(/N=N/c2ccc3c(S(=O)(=O)O)cccc3c2S(=O)(=O)O)c(C)cc1/N=N/c1c(S(=O)(=O)O)cc2cc(/N=N/C3C(=O)N(c4ccc(S(=O)(=O)O)cc4)N=C3C(=O)O)ccc2c1O. The van der Waals surface area contributed by atoms with E-state index in [0.717, 1.165) is 54.6 Å². The molecule has 67 heavy (non-hydrogen) atoms. The lowest BCUT2D eigenvalue weighted by molar-refractivity contribution is -0.130. The van der Waals surface area contributed by atoms with Gasteiger partial charge >= 0.3 is 5.97 Å². The summed E-state index contributed by atoms with van der Waals surface area (Å²) in [4.78, 5) is 22.3. The molecule has 1 unspecified atom stereocenters. The van der Waals surface area contributed by atoms with Crippen LogP contribution in [0.3, 0.4) is 0 Å². The first-order chi connectivity index (χ1) is 31.3. The molecule has 0 radical (unpaired) electrons. The van der Waals surface area contributed by atoms with Gasteiger partial charge in [-0.2, -0.15) is 59.1 Å². The number of hydrogen-bond acceptors (Lipinski definition) is 19. The molecule has 0 aromatic heterocycles. The van der Waals surface area contributed by atoms with Crippen LogP contribution >= 0.6 is 0 Å². The average molecular weight is 997 g/mol. The van der Waals surface area contributed by atoms with E-state index in [1.165, 1.54) is 50.4 Å². The number of benzene rings is 6. The van der Waals surface area contributed by atoms with Crippen molar-refractivity contribution < 1.29 is 76.4 Å². The van der Waals surface area contributed by atoms with Crippen molar-refractivity contribution in [3.63, 3.8) is 0 Å². The number of azo groups is 3. The normalized spacial score (nSPS) is 15.1. The standard InChI is InChI=1S/C38H28N8O17S4/c1-18-14-28(29(63-2)17-27(18)41-40-26-13-12-24-25(36(26)67(60,61)62)4-3-5-30(24)65(54,55)56)42-43-32-31(66(57,58)59)16-19-15-20(6-11-23(19)35(32)47)39-44-33-34(38(49)50)45-46(37(33)48)21-7-9-22(10-8-21)64(51,52)53/h3-17,33,47H,1-2H3,(H,49,50)(H,51,52,53)(H,54,55,56)(H,57,58,59)(H,60,61,62)/b41-40+,43-42+,44-39+. The highest BCUT2D eigenvalue weighted by Gasteiger charge is 2.41. The zero-order valence-electron chi connectivity index (χ0n) is 33.6. The number of phenols is 1. The molecule has 0 saturated carbocycles. The molecule has 6 aromatic rings. The van der Waals surface area contributed by atoms with Crippen LogP contribution in [0, 0.1) is 6.92 Å². The molecule has 7 rings (SSSR count). The average Bonchev–Trinajstić information content (AvgIpc) is 3.58. The number of rotatable bonds is 13. The molecule has 1 aliphatic rings. The highest BCUT2D eigenvalue weighted by atomic mass is 32.2. The van der Waals surface area contributed by atoms with Crippen molar-refractivity contribution >= 4 is 114 Å². The topological polar surface area (TPSA) is 391 Å². The number of hydrazone groups is 1. The second-order valence-electron chi connectivity index (χ2n) is 13.9. The van der Waals surface area contributed by atoms with E-state index >= 15 is 0 Å². The van der Waals surface area contributed by atoms with E-state index in [1.54, 1.807) is 0 Å². The molecule has 0 spiro atoms. The number of amides is 1. The van der Waals surface area contributed by atoms with Gasteiger partial charge in [0.05, 0.1) is 29.1 Å². The Hall–Kier alpha value is -7.51. The van der Waals surface area contributed by atoms with E-state index in [-0.39, 0.29) is 55.6 Å². The Morgan fingerprint density at radius 1 is 0.672 bits per heavy atom. The van der Waals surface area contributed by atoms with Gasteiger partial charge in [0.15, 0.2) is 11.5 Å². The number of aliphatic carboxylic acids is 1. The third kappa shape index (κ3) is 9.59. The summed E-state index contributed by atoms with van der Waals surface area (Å²) >= 11 is 0. The summed E-state index contributed by atoms with van der Waals surface area (Å²) in [6.07, 6.45) is 0. The van der Waals surface area contributed by atoms with Crippen LogP contribution in [0.4, 0.5) is 34.1 Å².